The van der Waals surface area contributed by atoms with Crippen LogP contribution in [-0.2, 0) is 19.4 Å². The summed E-state index contributed by atoms with van der Waals surface area (Å²) in [7, 11) is -3.87. The van der Waals surface area contributed by atoms with Gasteiger partial charge in [-0.3, -0.25) is 14.9 Å². The second kappa shape index (κ2) is 8.55. The van der Waals surface area contributed by atoms with Gasteiger partial charge in [-0.1, -0.05) is 23.2 Å². The van der Waals surface area contributed by atoms with E-state index in [9.17, 15) is 28.1 Å². The number of nitro benzene ring substituents is 1. The van der Waals surface area contributed by atoms with E-state index in [0.29, 0.717) is 0 Å². The molecule has 148 valence electrons. The van der Waals surface area contributed by atoms with Crippen LogP contribution in [0.15, 0.2) is 41.3 Å². The standard InChI is InChI=1S/C16H12Cl2N2O7S/c1-28(25,26)14-3-2-9(4-13(14)20(23)24)16(22)27-8-15(21)19-12-6-10(17)5-11(18)7-12/h2-7H,8H2,1H3,(H,19,21). The van der Waals surface area contributed by atoms with Crippen molar-refractivity contribution in [2.75, 3.05) is 18.2 Å². The molecule has 12 heteroatoms. The Labute approximate surface area is 169 Å². The number of nitrogens with one attached hydrogen (secondary N) is 1. The van der Waals surface area contributed by atoms with Crippen LogP contribution in [0.3, 0.4) is 0 Å². The summed E-state index contributed by atoms with van der Waals surface area (Å²) in [6, 6.07) is 7.08. The summed E-state index contributed by atoms with van der Waals surface area (Å²) >= 11 is 11.6. The first-order valence-electron chi connectivity index (χ1n) is 7.39. The van der Waals surface area contributed by atoms with Crippen LogP contribution in [0.1, 0.15) is 10.4 Å². The van der Waals surface area contributed by atoms with Crippen molar-refractivity contribution in [3.63, 3.8) is 0 Å². The molecule has 0 saturated carbocycles. The first-order valence-corrected chi connectivity index (χ1v) is 10.0. The third-order valence-corrected chi connectivity index (χ3v) is 4.85. The number of anilines is 1. The first kappa shape index (κ1) is 21.6. The lowest BCUT2D eigenvalue weighted by Crippen LogP contribution is -2.21. The molecule has 1 N–H and O–H groups in total. The predicted molar refractivity (Wildman–Crippen MR) is 102 cm³/mol. The zero-order valence-electron chi connectivity index (χ0n) is 14.1. The zero-order chi connectivity index (χ0) is 21.1. The Morgan fingerprint density at radius 2 is 1.75 bits per heavy atom. The Balaban J connectivity index is 2.09. The van der Waals surface area contributed by atoms with Crippen molar-refractivity contribution in [1.82, 2.24) is 0 Å². The van der Waals surface area contributed by atoms with Crippen LogP contribution >= 0.6 is 23.2 Å². The number of nitrogens with zero attached hydrogens (tertiary/aromatic N) is 1. The van der Waals surface area contributed by atoms with E-state index in [1.54, 1.807) is 0 Å². The molecule has 0 bridgehead atoms. The van der Waals surface area contributed by atoms with E-state index in [2.05, 4.69) is 5.32 Å². The van der Waals surface area contributed by atoms with E-state index in [4.69, 9.17) is 27.9 Å². The van der Waals surface area contributed by atoms with Crippen molar-refractivity contribution in [2.45, 2.75) is 4.90 Å². The van der Waals surface area contributed by atoms with Gasteiger partial charge in [-0.25, -0.2) is 13.2 Å². The second-order valence-corrected chi connectivity index (χ2v) is 8.35. The number of carbonyl (C=O) groups is 2. The molecular formula is C16H12Cl2N2O7S. The number of hydrogen-bond donors (Lipinski definition) is 1. The number of ether oxygens (including phenoxy) is 1. The van der Waals surface area contributed by atoms with Gasteiger partial charge in [0.05, 0.1) is 10.5 Å². The van der Waals surface area contributed by atoms with E-state index >= 15 is 0 Å². The molecule has 0 fully saturated rings. The number of sulfone groups is 1. The minimum absolute atomic E-state index is 0.280. The van der Waals surface area contributed by atoms with Crippen LogP contribution < -0.4 is 5.32 Å². The normalized spacial score (nSPS) is 11.0. The van der Waals surface area contributed by atoms with Crippen LogP contribution in [0.25, 0.3) is 0 Å². The zero-order valence-corrected chi connectivity index (χ0v) is 16.5. The first-order chi connectivity index (χ1) is 13.0. The second-order valence-electron chi connectivity index (χ2n) is 5.49. The molecule has 9 nitrogen and oxygen atoms in total. The predicted octanol–water partition coefficient (Wildman–Crippen LogP) is 3.10. The molecule has 0 aromatic heterocycles. The lowest BCUT2D eigenvalue weighted by Gasteiger charge is -2.08. The van der Waals surface area contributed by atoms with Crippen LogP contribution in [-0.4, -0.2) is 38.1 Å². The largest absolute Gasteiger partial charge is 0.452 e. The fourth-order valence-electron chi connectivity index (χ4n) is 2.14. The Hall–Kier alpha value is -2.69. The fraction of sp³-hybridized carbons (Fsp3) is 0.125. The van der Waals surface area contributed by atoms with Crippen LogP contribution in [0, 0.1) is 10.1 Å². The van der Waals surface area contributed by atoms with Gasteiger partial charge >= 0.3 is 5.97 Å². The maximum Gasteiger partial charge on any atom is 0.338 e. The Morgan fingerprint density at radius 1 is 1.14 bits per heavy atom. The number of hydrogen-bond acceptors (Lipinski definition) is 7. The summed E-state index contributed by atoms with van der Waals surface area (Å²) < 4.78 is 28.0. The van der Waals surface area contributed by atoms with Crippen LogP contribution in [0.5, 0.6) is 0 Å². The number of amides is 1. The van der Waals surface area contributed by atoms with E-state index in [1.165, 1.54) is 18.2 Å². The lowest BCUT2D eigenvalue weighted by atomic mass is 10.2. The van der Waals surface area contributed by atoms with Gasteiger partial charge in [0, 0.05) is 28.1 Å². The van der Waals surface area contributed by atoms with Crippen LogP contribution in [0.2, 0.25) is 10.0 Å². The van der Waals surface area contributed by atoms with Crippen molar-refractivity contribution >= 4 is 56.3 Å². The Bertz CT molecular complexity index is 1050. The minimum Gasteiger partial charge on any atom is -0.452 e. The molecule has 0 radical (unpaired) electrons. The lowest BCUT2D eigenvalue weighted by molar-refractivity contribution is -0.387. The van der Waals surface area contributed by atoms with Gasteiger partial charge in [0.2, 0.25) is 0 Å². The summed E-state index contributed by atoms with van der Waals surface area (Å²) in [6.07, 6.45) is 0.805. The highest BCUT2D eigenvalue weighted by molar-refractivity contribution is 7.90. The molecule has 2 rings (SSSR count). The quantitative estimate of drug-likeness (QED) is 0.409. The molecule has 2 aromatic carbocycles. The molecule has 0 aliphatic rings. The smallest absolute Gasteiger partial charge is 0.338 e. The Morgan fingerprint density at radius 3 is 2.29 bits per heavy atom. The summed E-state index contributed by atoms with van der Waals surface area (Å²) in [4.78, 5) is 33.5. The molecule has 0 heterocycles. The highest BCUT2D eigenvalue weighted by Crippen LogP contribution is 2.25. The van der Waals surface area contributed by atoms with Crippen molar-refractivity contribution in [3.8, 4) is 0 Å². The molecule has 0 unspecified atom stereocenters. The number of benzene rings is 2. The van der Waals surface area contributed by atoms with Crippen molar-refractivity contribution < 1.29 is 27.7 Å². The SMILES string of the molecule is CS(=O)(=O)c1ccc(C(=O)OCC(=O)Nc2cc(Cl)cc(Cl)c2)cc1[N+](=O)[O-]. The molecule has 0 aliphatic heterocycles. The molecule has 0 saturated heterocycles. The van der Waals surface area contributed by atoms with E-state index in [0.717, 1.165) is 24.5 Å². The minimum atomic E-state index is -3.87. The number of carbonyl (C=O) groups excluding carboxylic acids is 2. The maximum absolute atomic E-state index is 12.0. The Kier molecular flexibility index (Phi) is 6.60. The third kappa shape index (κ3) is 5.65. The molecule has 2 aromatic rings. The number of rotatable bonds is 6. The molecular weight excluding hydrogens is 435 g/mol. The third-order valence-electron chi connectivity index (χ3n) is 3.27. The summed E-state index contributed by atoms with van der Waals surface area (Å²) in [5.41, 5.74) is -0.764. The topological polar surface area (TPSA) is 133 Å². The highest BCUT2D eigenvalue weighted by Gasteiger charge is 2.24. The van der Waals surface area contributed by atoms with Gasteiger partial charge in [0.15, 0.2) is 16.4 Å². The van der Waals surface area contributed by atoms with E-state index in [-0.39, 0.29) is 21.3 Å². The molecule has 0 spiro atoms. The summed E-state index contributed by atoms with van der Waals surface area (Å²) in [5.74, 6) is -1.74. The van der Waals surface area contributed by atoms with Gasteiger partial charge in [0.1, 0.15) is 4.90 Å². The van der Waals surface area contributed by atoms with Crippen molar-refractivity contribution in [2.24, 2.45) is 0 Å². The summed E-state index contributed by atoms with van der Waals surface area (Å²) in [5, 5.41) is 14.1. The molecule has 0 aliphatic carbocycles. The number of halogens is 2. The van der Waals surface area contributed by atoms with Gasteiger partial charge in [-0.2, -0.15) is 0 Å². The maximum atomic E-state index is 12.0. The number of esters is 1. The van der Waals surface area contributed by atoms with Crippen LogP contribution in [0.4, 0.5) is 11.4 Å². The molecule has 28 heavy (non-hydrogen) atoms. The summed E-state index contributed by atoms with van der Waals surface area (Å²) in [6.45, 7) is -0.690. The fourth-order valence-corrected chi connectivity index (χ4v) is 3.49. The van der Waals surface area contributed by atoms with E-state index < -0.39 is 43.8 Å². The number of nitro groups is 1. The van der Waals surface area contributed by atoms with Gasteiger partial charge < -0.3 is 10.1 Å². The van der Waals surface area contributed by atoms with Gasteiger partial charge in [-0.05, 0) is 30.3 Å². The monoisotopic (exact) mass is 446 g/mol. The van der Waals surface area contributed by atoms with Gasteiger partial charge in [0.25, 0.3) is 11.6 Å². The molecule has 1 amide bonds. The average Bonchev–Trinajstić information content (AvgIpc) is 2.57. The average molecular weight is 447 g/mol. The highest BCUT2D eigenvalue weighted by atomic mass is 35.5. The molecule has 0 atom stereocenters. The van der Waals surface area contributed by atoms with Crippen molar-refractivity contribution in [1.29, 1.82) is 0 Å². The van der Waals surface area contributed by atoms with Crippen molar-refractivity contribution in [3.05, 3.63) is 62.1 Å². The van der Waals surface area contributed by atoms with E-state index in [1.807, 2.05) is 0 Å². The van der Waals surface area contributed by atoms with Gasteiger partial charge in [-0.15, -0.1) is 0 Å².